The van der Waals surface area contributed by atoms with Crippen LogP contribution in [0.2, 0.25) is 0 Å². The van der Waals surface area contributed by atoms with Crippen molar-refractivity contribution in [2.75, 3.05) is 5.32 Å². The van der Waals surface area contributed by atoms with E-state index in [4.69, 9.17) is 0 Å². The van der Waals surface area contributed by atoms with Crippen molar-refractivity contribution < 1.29 is 0 Å². The molecule has 0 saturated heterocycles. The van der Waals surface area contributed by atoms with Gasteiger partial charge in [0.25, 0.3) is 11.9 Å². The molecule has 0 bridgehead atoms. The van der Waals surface area contributed by atoms with Gasteiger partial charge in [-0.05, 0) is 12.1 Å². The molecule has 0 aliphatic carbocycles. The summed E-state index contributed by atoms with van der Waals surface area (Å²) in [6.45, 7) is 0. The van der Waals surface area contributed by atoms with Gasteiger partial charge in [-0.1, -0.05) is 18.2 Å². The van der Waals surface area contributed by atoms with Crippen LogP contribution in [0.15, 0.2) is 55.2 Å². The van der Waals surface area contributed by atoms with Gasteiger partial charge in [-0.15, -0.1) is 20.4 Å². The van der Waals surface area contributed by atoms with E-state index in [2.05, 4.69) is 35.7 Å². The summed E-state index contributed by atoms with van der Waals surface area (Å²) in [7, 11) is 0. The first kappa shape index (κ1) is 12.3. The van der Waals surface area contributed by atoms with E-state index in [0.29, 0.717) is 11.9 Å². The summed E-state index contributed by atoms with van der Waals surface area (Å²) in [5, 5.41) is 20.2. The lowest BCUT2D eigenvalue weighted by atomic mass is 10.2. The molecule has 0 aliphatic heterocycles. The zero-order valence-electron chi connectivity index (χ0n) is 11.3. The second-order valence-electron chi connectivity index (χ2n) is 4.49. The normalized spacial score (nSPS) is 10.7. The van der Waals surface area contributed by atoms with E-state index in [1.807, 2.05) is 30.3 Å². The number of fused-ring (bicyclic) bond motifs is 1. The van der Waals surface area contributed by atoms with Gasteiger partial charge in [0.1, 0.15) is 6.33 Å². The molecule has 0 unspecified atom stereocenters. The quantitative estimate of drug-likeness (QED) is 0.614. The number of hydrogen-bond donors (Lipinski definition) is 1. The Bertz CT molecular complexity index is 896. The average Bonchev–Trinajstić information content (AvgIpc) is 3.10. The summed E-state index contributed by atoms with van der Waals surface area (Å²) in [5.74, 6) is 0.683. The third-order valence-electron chi connectivity index (χ3n) is 3.10. The van der Waals surface area contributed by atoms with Gasteiger partial charge in [0, 0.05) is 24.0 Å². The fourth-order valence-corrected chi connectivity index (χ4v) is 2.08. The molecule has 0 saturated carbocycles. The first-order chi connectivity index (χ1) is 10.9. The highest BCUT2D eigenvalue weighted by molar-refractivity contribution is 5.92. The summed E-state index contributed by atoms with van der Waals surface area (Å²) < 4.78 is 1.63. The van der Waals surface area contributed by atoms with Gasteiger partial charge in [0.15, 0.2) is 0 Å². The maximum Gasteiger partial charge on any atom is 0.274 e. The molecule has 0 radical (unpaired) electrons. The number of anilines is 2. The Morgan fingerprint density at radius 3 is 2.59 bits per heavy atom. The maximum absolute atomic E-state index is 4.31. The molecule has 1 aromatic carbocycles. The Hall–Kier alpha value is -3.42. The molecule has 3 heterocycles. The number of imidazole rings is 1. The highest BCUT2D eigenvalue weighted by Gasteiger charge is 2.06. The molecular weight excluding hydrogens is 280 g/mol. The third kappa shape index (κ3) is 2.22. The first-order valence-electron chi connectivity index (χ1n) is 6.57. The number of aromatic nitrogens is 7. The van der Waals surface area contributed by atoms with Crippen LogP contribution in [0.4, 0.5) is 11.6 Å². The maximum atomic E-state index is 4.31. The van der Waals surface area contributed by atoms with Gasteiger partial charge < -0.3 is 5.32 Å². The van der Waals surface area contributed by atoms with Gasteiger partial charge in [0.05, 0.1) is 11.2 Å². The van der Waals surface area contributed by atoms with Crippen molar-refractivity contribution in [3.63, 3.8) is 0 Å². The fourth-order valence-electron chi connectivity index (χ4n) is 2.08. The van der Waals surface area contributed by atoms with Crippen LogP contribution in [0, 0.1) is 0 Å². The van der Waals surface area contributed by atoms with E-state index in [9.17, 15) is 0 Å². The van der Waals surface area contributed by atoms with E-state index in [1.54, 1.807) is 29.5 Å². The van der Waals surface area contributed by atoms with Crippen LogP contribution in [0.3, 0.4) is 0 Å². The van der Waals surface area contributed by atoms with Crippen molar-refractivity contribution in [2.24, 2.45) is 0 Å². The number of hydrogen-bond acceptors (Lipinski definition) is 7. The monoisotopic (exact) mass is 290 g/mol. The molecule has 4 aromatic rings. The lowest BCUT2D eigenvalue weighted by Crippen LogP contribution is -2.06. The number of rotatable bonds is 3. The van der Waals surface area contributed by atoms with Gasteiger partial charge in [-0.25, -0.2) is 4.98 Å². The minimum Gasteiger partial charge on any atom is -0.321 e. The molecule has 0 fully saturated rings. The van der Waals surface area contributed by atoms with E-state index < -0.39 is 0 Å². The zero-order valence-corrected chi connectivity index (χ0v) is 11.3. The van der Waals surface area contributed by atoms with Crippen LogP contribution in [0.25, 0.3) is 16.9 Å². The molecular formula is C14H10N8. The highest BCUT2D eigenvalue weighted by atomic mass is 15.4. The van der Waals surface area contributed by atoms with E-state index in [0.717, 1.165) is 16.6 Å². The molecule has 0 atom stereocenters. The minimum atomic E-state index is 0.320. The van der Waals surface area contributed by atoms with Gasteiger partial charge >= 0.3 is 0 Å². The topological polar surface area (TPSA) is 94.3 Å². The smallest absolute Gasteiger partial charge is 0.274 e. The molecule has 22 heavy (non-hydrogen) atoms. The van der Waals surface area contributed by atoms with Crippen molar-refractivity contribution in [1.29, 1.82) is 0 Å². The lowest BCUT2D eigenvalue weighted by molar-refractivity contribution is 0.788. The molecule has 8 heteroatoms. The molecule has 0 aliphatic rings. The summed E-state index contributed by atoms with van der Waals surface area (Å²) in [5.41, 5.74) is 1.74. The van der Waals surface area contributed by atoms with Gasteiger partial charge in [-0.3, -0.25) is 9.55 Å². The van der Waals surface area contributed by atoms with Crippen LogP contribution in [0.1, 0.15) is 0 Å². The second kappa shape index (κ2) is 5.17. The van der Waals surface area contributed by atoms with Gasteiger partial charge in [0.2, 0.25) is 0 Å². The summed E-state index contributed by atoms with van der Waals surface area (Å²) in [6.07, 6.45) is 6.67. The highest BCUT2D eigenvalue weighted by Crippen LogP contribution is 2.22. The number of nitrogens with zero attached hydrogens (tertiary/aromatic N) is 7. The number of nitrogens with one attached hydrogen (secondary N) is 1. The average molecular weight is 290 g/mol. The summed E-state index contributed by atoms with van der Waals surface area (Å²) in [6, 6.07) is 9.67. The Labute approximate surface area is 124 Å². The number of benzene rings is 1. The van der Waals surface area contributed by atoms with Crippen molar-refractivity contribution in [3.05, 3.63) is 55.2 Å². The van der Waals surface area contributed by atoms with Crippen LogP contribution in [-0.2, 0) is 0 Å². The SMILES string of the molecule is c1ccc2c(Nc3nnc(-n4ccnc4)nn3)ccnc2c1. The van der Waals surface area contributed by atoms with E-state index in [1.165, 1.54) is 0 Å². The Balaban J connectivity index is 1.65. The van der Waals surface area contributed by atoms with Crippen LogP contribution >= 0.6 is 0 Å². The molecule has 4 rings (SSSR count). The predicted octanol–water partition coefficient (Wildman–Crippen LogP) is 1.74. The van der Waals surface area contributed by atoms with Crippen molar-refractivity contribution in [2.45, 2.75) is 0 Å². The third-order valence-corrected chi connectivity index (χ3v) is 3.10. The summed E-state index contributed by atoms with van der Waals surface area (Å²) in [4.78, 5) is 8.24. The van der Waals surface area contributed by atoms with Crippen molar-refractivity contribution in [1.82, 2.24) is 34.9 Å². The zero-order chi connectivity index (χ0) is 14.8. The molecule has 8 nitrogen and oxygen atoms in total. The second-order valence-corrected chi connectivity index (χ2v) is 4.49. The number of pyridine rings is 1. The summed E-state index contributed by atoms with van der Waals surface area (Å²) >= 11 is 0. The number of para-hydroxylation sites is 1. The molecule has 0 amide bonds. The van der Waals surface area contributed by atoms with Crippen molar-refractivity contribution in [3.8, 4) is 5.95 Å². The first-order valence-corrected chi connectivity index (χ1v) is 6.57. The van der Waals surface area contributed by atoms with E-state index >= 15 is 0 Å². The largest absolute Gasteiger partial charge is 0.321 e. The van der Waals surface area contributed by atoms with Crippen LogP contribution < -0.4 is 5.32 Å². The standard InChI is InChI=1S/C14H10N8/c1-2-4-11-10(3-1)12(5-6-16-11)17-13-18-20-14(21-19-13)22-8-7-15-9-22/h1-9H,(H,16,17,18,19). The molecule has 0 spiro atoms. The minimum absolute atomic E-state index is 0.320. The van der Waals surface area contributed by atoms with E-state index in [-0.39, 0.29) is 0 Å². The van der Waals surface area contributed by atoms with Crippen LogP contribution in [0.5, 0.6) is 0 Å². The van der Waals surface area contributed by atoms with Crippen molar-refractivity contribution >= 4 is 22.5 Å². The molecule has 106 valence electrons. The molecule has 1 N–H and O–H groups in total. The predicted molar refractivity (Wildman–Crippen MR) is 79.8 cm³/mol. The Morgan fingerprint density at radius 2 is 1.77 bits per heavy atom. The molecule has 3 aromatic heterocycles. The van der Waals surface area contributed by atoms with Gasteiger partial charge in [-0.2, -0.15) is 0 Å². The fraction of sp³-hybridized carbons (Fsp3) is 0. The van der Waals surface area contributed by atoms with Crippen LogP contribution in [-0.4, -0.2) is 34.9 Å². The Kier molecular flexibility index (Phi) is 2.90. The Morgan fingerprint density at radius 1 is 0.909 bits per heavy atom. The lowest BCUT2D eigenvalue weighted by Gasteiger charge is -2.07.